The molecule has 0 aromatic carbocycles. The second-order valence-electron chi connectivity index (χ2n) is 5.40. The van der Waals surface area contributed by atoms with Gasteiger partial charge in [-0.25, -0.2) is 10.1 Å². The number of likely N-dealkylation sites (tertiary alicyclic amines) is 1. The molecule has 2 aromatic heterocycles. The molecule has 5 nitrogen and oxygen atoms in total. The maximum absolute atomic E-state index is 5.37. The van der Waals surface area contributed by atoms with E-state index in [9.17, 15) is 0 Å². The van der Waals surface area contributed by atoms with E-state index < -0.39 is 0 Å². The maximum Gasteiger partial charge on any atom is 0.284 e. The minimum Gasteiger partial charge on any atom is -0.408 e. The van der Waals surface area contributed by atoms with Gasteiger partial charge in [0, 0.05) is 0 Å². The van der Waals surface area contributed by atoms with Crippen molar-refractivity contribution >= 4 is 23.6 Å². The van der Waals surface area contributed by atoms with Crippen LogP contribution >= 0.6 is 23.6 Å². The second-order valence-corrected chi connectivity index (χ2v) is 6.85. The van der Waals surface area contributed by atoms with Crippen LogP contribution in [0.2, 0.25) is 0 Å². The summed E-state index contributed by atoms with van der Waals surface area (Å²) in [5.74, 6) is 1.40. The van der Waals surface area contributed by atoms with Gasteiger partial charge in [0.2, 0.25) is 0 Å². The summed E-state index contributed by atoms with van der Waals surface area (Å²) in [5.41, 5.74) is 0.959. The summed E-state index contributed by atoms with van der Waals surface area (Å²) in [5, 5.41) is 7.86. The van der Waals surface area contributed by atoms with Gasteiger partial charge in [0.05, 0.1) is 12.2 Å². The van der Waals surface area contributed by atoms with Gasteiger partial charge in [-0.3, -0.25) is 4.90 Å². The van der Waals surface area contributed by atoms with Crippen LogP contribution in [0.3, 0.4) is 0 Å². The highest BCUT2D eigenvalue weighted by molar-refractivity contribution is 7.71. The average Bonchev–Trinajstić information content (AvgIpc) is 2.98. The molecule has 1 N–H and O–H groups in total. The first kappa shape index (κ1) is 13.9. The summed E-state index contributed by atoms with van der Waals surface area (Å²) in [6.07, 6.45) is 2.57. The second kappa shape index (κ2) is 5.75. The number of aromatic amines is 1. The van der Waals surface area contributed by atoms with Crippen molar-refractivity contribution in [3.05, 3.63) is 15.5 Å². The van der Waals surface area contributed by atoms with E-state index in [4.69, 9.17) is 16.6 Å². The molecule has 7 heteroatoms. The zero-order chi connectivity index (χ0) is 14.1. The van der Waals surface area contributed by atoms with Crippen LogP contribution in [-0.2, 0) is 6.54 Å². The van der Waals surface area contributed by atoms with E-state index in [1.807, 2.05) is 6.92 Å². The van der Waals surface area contributed by atoms with E-state index in [0.29, 0.717) is 10.7 Å². The molecule has 0 unspecified atom stereocenters. The summed E-state index contributed by atoms with van der Waals surface area (Å²) >= 11 is 6.56. The van der Waals surface area contributed by atoms with E-state index in [1.54, 1.807) is 11.3 Å². The molecule has 20 heavy (non-hydrogen) atoms. The molecule has 1 aliphatic rings. The maximum atomic E-state index is 5.37. The first-order valence-electron chi connectivity index (χ1n) is 6.86. The Kier molecular flexibility index (Phi) is 4.00. The van der Waals surface area contributed by atoms with Crippen molar-refractivity contribution in [3.8, 4) is 10.8 Å². The zero-order valence-corrected chi connectivity index (χ0v) is 13.3. The topological polar surface area (TPSA) is 58.0 Å². The van der Waals surface area contributed by atoms with Crippen LogP contribution in [0.4, 0.5) is 0 Å². The largest absolute Gasteiger partial charge is 0.408 e. The number of nitrogens with one attached hydrogen (secondary N) is 1. The van der Waals surface area contributed by atoms with E-state index in [2.05, 4.69) is 27.0 Å². The number of H-pyrrole nitrogens is 1. The molecule has 0 saturated carbocycles. The number of hydrogen-bond donors (Lipinski definition) is 1. The first-order valence-corrected chi connectivity index (χ1v) is 8.09. The van der Waals surface area contributed by atoms with Crippen LogP contribution in [0.5, 0.6) is 0 Å². The van der Waals surface area contributed by atoms with Crippen molar-refractivity contribution < 1.29 is 4.42 Å². The molecule has 1 saturated heterocycles. The highest BCUT2D eigenvalue weighted by Crippen LogP contribution is 2.29. The molecule has 1 fully saturated rings. The fourth-order valence-corrected chi connectivity index (χ4v) is 3.61. The third-order valence-corrected chi connectivity index (χ3v) is 5.01. The Labute approximate surface area is 127 Å². The molecule has 108 valence electrons. The van der Waals surface area contributed by atoms with Gasteiger partial charge in [-0.1, -0.05) is 6.92 Å². The zero-order valence-electron chi connectivity index (χ0n) is 11.7. The van der Waals surface area contributed by atoms with Gasteiger partial charge in [-0.2, -0.15) is 0 Å². The Hall–Kier alpha value is -1.05. The van der Waals surface area contributed by atoms with E-state index >= 15 is 0 Å². The van der Waals surface area contributed by atoms with Gasteiger partial charge in [0.15, 0.2) is 0 Å². The lowest BCUT2D eigenvalue weighted by atomic mass is 9.99. The molecule has 0 atom stereocenters. The van der Waals surface area contributed by atoms with Gasteiger partial charge >= 0.3 is 0 Å². The summed E-state index contributed by atoms with van der Waals surface area (Å²) in [4.78, 5) is 8.39. The van der Waals surface area contributed by atoms with Crippen molar-refractivity contribution in [1.29, 1.82) is 0 Å². The minimum atomic E-state index is 0.305. The van der Waals surface area contributed by atoms with Crippen LogP contribution in [0.25, 0.3) is 10.8 Å². The SMILES string of the molecule is Cc1nc(CN2CCC(C)CC2)sc1-c1n[nH]c(=S)o1. The van der Waals surface area contributed by atoms with E-state index in [0.717, 1.165) is 41.1 Å². The first-order chi connectivity index (χ1) is 9.61. The minimum absolute atomic E-state index is 0.305. The molecule has 0 radical (unpaired) electrons. The van der Waals surface area contributed by atoms with Crippen LogP contribution in [-0.4, -0.2) is 33.2 Å². The molecule has 3 rings (SSSR count). The third kappa shape index (κ3) is 2.99. The van der Waals surface area contributed by atoms with Gasteiger partial charge in [0.1, 0.15) is 9.88 Å². The van der Waals surface area contributed by atoms with Crippen LogP contribution < -0.4 is 0 Å². The Balaban J connectivity index is 1.74. The Morgan fingerprint density at radius 1 is 1.45 bits per heavy atom. The number of thiazole rings is 1. The average molecular weight is 310 g/mol. The van der Waals surface area contributed by atoms with Gasteiger partial charge in [-0.05, 0) is 51.0 Å². The van der Waals surface area contributed by atoms with E-state index in [-0.39, 0.29) is 0 Å². The van der Waals surface area contributed by atoms with E-state index in [1.165, 1.54) is 12.8 Å². The lowest BCUT2D eigenvalue weighted by Gasteiger charge is -2.29. The lowest BCUT2D eigenvalue weighted by Crippen LogP contribution is -2.32. The third-order valence-electron chi connectivity index (χ3n) is 3.71. The molecule has 0 amide bonds. The number of rotatable bonds is 3. The highest BCUT2D eigenvalue weighted by Gasteiger charge is 2.19. The number of aromatic nitrogens is 3. The number of piperidine rings is 1. The number of nitrogens with zero attached hydrogens (tertiary/aromatic N) is 3. The van der Waals surface area contributed by atoms with Crippen molar-refractivity contribution in [2.24, 2.45) is 5.92 Å². The molecular weight excluding hydrogens is 292 g/mol. The van der Waals surface area contributed by atoms with Crippen LogP contribution in [0, 0.1) is 17.7 Å². The lowest BCUT2D eigenvalue weighted by molar-refractivity contribution is 0.185. The predicted molar refractivity (Wildman–Crippen MR) is 81.2 cm³/mol. The van der Waals surface area contributed by atoms with Crippen molar-refractivity contribution in [1.82, 2.24) is 20.1 Å². The molecule has 0 bridgehead atoms. The van der Waals surface area contributed by atoms with Gasteiger partial charge < -0.3 is 4.42 Å². The summed E-state index contributed by atoms with van der Waals surface area (Å²) < 4.78 is 5.37. The van der Waals surface area contributed by atoms with Crippen LogP contribution in [0.1, 0.15) is 30.5 Å². The smallest absolute Gasteiger partial charge is 0.284 e. The molecule has 0 spiro atoms. The number of hydrogen-bond acceptors (Lipinski definition) is 6. The highest BCUT2D eigenvalue weighted by atomic mass is 32.1. The molecule has 2 aromatic rings. The molecule has 0 aliphatic carbocycles. The molecule has 3 heterocycles. The molecular formula is C13H18N4OS2. The van der Waals surface area contributed by atoms with Gasteiger partial charge in [-0.15, -0.1) is 16.4 Å². The quantitative estimate of drug-likeness (QED) is 0.881. The monoisotopic (exact) mass is 310 g/mol. The molecule has 1 aliphatic heterocycles. The van der Waals surface area contributed by atoms with Gasteiger partial charge in [0.25, 0.3) is 10.7 Å². The van der Waals surface area contributed by atoms with Crippen molar-refractivity contribution in [2.45, 2.75) is 33.2 Å². The summed E-state index contributed by atoms with van der Waals surface area (Å²) in [6.45, 7) is 7.56. The Morgan fingerprint density at radius 2 is 2.20 bits per heavy atom. The summed E-state index contributed by atoms with van der Waals surface area (Å²) in [6, 6.07) is 0. The van der Waals surface area contributed by atoms with Crippen molar-refractivity contribution in [2.75, 3.05) is 13.1 Å². The Morgan fingerprint density at radius 3 is 2.85 bits per heavy atom. The fourth-order valence-electron chi connectivity index (χ4n) is 2.46. The Bertz CT molecular complexity index is 637. The van der Waals surface area contributed by atoms with Crippen LogP contribution in [0.15, 0.2) is 4.42 Å². The number of aryl methyl sites for hydroxylation is 1. The normalized spacial score (nSPS) is 17.7. The standard InChI is InChI=1S/C13H18N4OS2/c1-8-3-5-17(6-4-8)7-10-14-9(2)11(20-10)12-15-16-13(19)18-12/h8H,3-7H2,1-2H3,(H,16,19). The fraction of sp³-hybridized carbons (Fsp3) is 0.615. The summed E-state index contributed by atoms with van der Waals surface area (Å²) in [7, 11) is 0. The predicted octanol–water partition coefficient (Wildman–Crippen LogP) is 3.40. The van der Waals surface area contributed by atoms with Crippen molar-refractivity contribution in [3.63, 3.8) is 0 Å².